The third-order valence-corrected chi connectivity index (χ3v) is 4.29. The fourth-order valence-electron chi connectivity index (χ4n) is 1.44. The monoisotopic (exact) mass is 255 g/mol. The number of amides is 1. The van der Waals surface area contributed by atoms with E-state index in [1.807, 2.05) is 0 Å². The van der Waals surface area contributed by atoms with Gasteiger partial charge in [0.15, 0.2) is 0 Å². The van der Waals surface area contributed by atoms with Gasteiger partial charge >= 0.3 is 0 Å². The maximum absolute atomic E-state index is 13.4. The fraction of sp³-hybridized carbons (Fsp3) is 0.417. The zero-order valence-electron chi connectivity index (χ0n) is 9.48. The van der Waals surface area contributed by atoms with Gasteiger partial charge in [0.1, 0.15) is 11.1 Å². The normalized spacial score (nSPS) is 18.5. The molecule has 0 heterocycles. The van der Waals surface area contributed by atoms with Gasteiger partial charge in [-0.2, -0.15) is 0 Å². The van der Waals surface area contributed by atoms with Crippen molar-refractivity contribution in [2.75, 3.05) is 0 Å². The average molecular weight is 255 g/mol. The zero-order valence-corrected chi connectivity index (χ0v) is 10.3. The quantitative estimate of drug-likeness (QED) is 0.888. The minimum Gasteiger partial charge on any atom is -0.352 e. The van der Waals surface area contributed by atoms with E-state index in [0.29, 0.717) is 0 Å². The number of nitrogens with one attached hydrogen (secondary N) is 1. The number of carbonyl (C=O) groups excluding carboxylic acids is 1. The lowest BCUT2D eigenvalue weighted by Gasteiger charge is -2.12. The number of hydrogen-bond donors (Lipinski definition) is 1. The molecule has 0 aromatic heterocycles. The summed E-state index contributed by atoms with van der Waals surface area (Å²) in [4.78, 5) is 11.8. The van der Waals surface area contributed by atoms with Crippen LogP contribution in [0, 0.1) is 5.82 Å². The Bertz CT molecular complexity index is 460. The highest BCUT2D eigenvalue weighted by Crippen LogP contribution is 2.20. The Morgan fingerprint density at radius 1 is 1.47 bits per heavy atom. The molecule has 1 amide bonds. The molecule has 5 heteroatoms. The van der Waals surface area contributed by atoms with E-state index in [9.17, 15) is 13.4 Å². The Balaban J connectivity index is 2.08. The van der Waals surface area contributed by atoms with Crippen LogP contribution in [0.3, 0.4) is 0 Å². The molecule has 2 rings (SSSR count). The van der Waals surface area contributed by atoms with E-state index >= 15 is 0 Å². The molecule has 0 aliphatic heterocycles. The number of rotatable bonds is 4. The Labute approximate surface area is 102 Å². The van der Waals surface area contributed by atoms with Gasteiger partial charge in [-0.15, -0.1) is 0 Å². The molecule has 0 bridgehead atoms. The predicted molar refractivity (Wildman–Crippen MR) is 63.4 cm³/mol. The highest BCUT2D eigenvalue weighted by Gasteiger charge is 2.29. The predicted octanol–water partition coefficient (Wildman–Crippen LogP) is 1.60. The molecular weight excluding hydrogens is 241 g/mol. The molecule has 1 aliphatic carbocycles. The third kappa shape index (κ3) is 2.91. The lowest BCUT2D eigenvalue weighted by Crippen LogP contribution is -2.36. The molecule has 1 aromatic rings. The van der Waals surface area contributed by atoms with Crippen LogP contribution in [-0.4, -0.2) is 21.4 Å². The summed E-state index contributed by atoms with van der Waals surface area (Å²) in [6.45, 7) is 1.56. The number of carbonyl (C=O) groups is 1. The van der Waals surface area contributed by atoms with Gasteiger partial charge in [0.25, 0.3) is 0 Å². The van der Waals surface area contributed by atoms with Crippen molar-refractivity contribution in [1.82, 2.24) is 5.32 Å². The largest absolute Gasteiger partial charge is 0.352 e. The first-order chi connectivity index (χ1) is 8.09. The standard InChI is InChI=1S/C12H14FNO2S/c1-8(12(15)14-9-6-7-9)17(16)11-5-3-2-4-10(11)13/h2-5,8-9H,6-7H2,1H3,(H,14,15). The van der Waals surface area contributed by atoms with Gasteiger partial charge in [-0.25, -0.2) is 4.39 Å². The maximum Gasteiger partial charge on any atom is 0.236 e. The van der Waals surface area contributed by atoms with Gasteiger partial charge in [-0.3, -0.25) is 9.00 Å². The molecule has 17 heavy (non-hydrogen) atoms. The minimum atomic E-state index is -1.65. The first-order valence-corrected chi connectivity index (χ1v) is 6.76. The third-order valence-electron chi connectivity index (χ3n) is 2.67. The van der Waals surface area contributed by atoms with Crippen LogP contribution in [-0.2, 0) is 15.6 Å². The summed E-state index contributed by atoms with van der Waals surface area (Å²) in [5.74, 6) is -0.800. The van der Waals surface area contributed by atoms with E-state index in [0.717, 1.165) is 12.8 Å². The molecule has 2 atom stereocenters. The maximum atomic E-state index is 13.4. The van der Waals surface area contributed by atoms with Gasteiger partial charge in [-0.1, -0.05) is 12.1 Å². The summed E-state index contributed by atoms with van der Waals surface area (Å²) in [6.07, 6.45) is 1.95. The molecule has 0 radical (unpaired) electrons. The zero-order chi connectivity index (χ0) is 12.4. The lowest BCUT2D eigenvalue weighted by atomic mass is 10.3. The molecule has 1 fully saturated rings. The molecule has 1 aliphatic rings. The molecular formula is C12H14FNO2S. The molecule has 0 saturated heterocycles. The highest BCUT2D eigenvalue weighted by atomic mass is 32.2. The van der Waals surface area contributed by atoms with Crippen LogP contribution in [0.15, 0.2) is 29.2 Å². The van der Waals surface area contributed by atoms with Gasteiger partial charge in [0.2, 0.25) is 5.91 Å². The van der Waals surface area contributed by atoms with Crippen molar-refractivity contribution >= 4 is 16.7 Å². The van der Waals surface area contributed by atoms with E-state index in [2.05, 4.69) is 5.32 Å². The van der Waals surface area contributed by atoms with Crippen LogP contribution in [0.5, 0.6) is 0 Å². The van der Waals surface area contributed by atoms with Crippen molar-refractivity contribution in [3.8, 4) is 0 Å². The van der Waals surface area contributed by atoms with E-state index in [-0.39, 0.29) is 16.8 Å². The summed E-state index contributed by atoms with van der Waals surface area (Å²) in [5.41, 5.74) is 0. The van der Waals surface area contributed by atoms with Crippen molar-refractivity contribution in [2.45, 2.75) is 36.0 Å². The van der Waals surface area contributed by atoms with Crippen LogP contribution in [0.4, 0.5) is 4.39 Å². The van der Waals surface area contributed by atoms with Crippen LogP contribution in [0.25, 0.3) is 0 Å². The second kappa shape index (κ2) is 4.96. The summed E-state index contributed by atoms with van der Waals surface area (Å²) in [7, 11) is -1.65. The molecule has 92 valence electrons. The molecule has 1 aromatic carbocycles. The molecule has 1 N–H and O–H groups in total. The van der Waals surface area contributed by atoms with Gasteiger partial charge < -0.3 is 5.32 Å². The van der Waals surface area contributed by atoms with Crippen LogP contribution >= 0.6 is 0 Å². The number of benzene rings is 1. The van der Waals surface area contributed by atoms with Crippen LogP contribution in [0.2, 0.25) is 0 Å². The average Bonchev–Trinajstić information content (AvgIpc) is 3.11. The highest BCUT2D eigenvalue weighted by molar-refractivity contribution is 7.86. The smallest absolute Gasteiger partial charge is 0.236 e. The summed E-state index contributed by atoms with van der Waals surface area (Å²) < 4.78 is 25.4. The Hall–Kier alpha value is -1.23. The summed E-state index contributed by atoms with van der Waals surface area (Å²) in [6, 6.07) is 6.07. The minimum absolute atomic E-state index is 0.0888. The molecule has 0 spiro atoms. The van der Waals surface area contributed by atoms with E-state index in [1.165, 1.54) is 18.2 Å². The van der Waals surface area contributed by atoms with Crippen molar-refractivity contribution < 1.29 is 13.4 Å². The van der Waals surface area contributed by atoms with Crippen LogP contribution in [0.1, 0.15) is 19.8 Å². The lowest BCUT2D eigenvalue weighted by molar-refractivity contribution is -0.120. The van der Waals surface area contributed by atoms with Crippen molar-refractivity contribution in [3.63, 3.8) is 0 Å². The molecule has 2 unspecified atom stereocenters. The van der Waals surface area contributed by atoms with Gasteiger partial charge in [0.05, 0.1) is 15.7 Å². The van der Waals surface area contributed by atoms with Crippen molar-refractivity contribution in [3.05, 3.63) is 30.1 Å². The summed E-state index contributed by atoms with van der Waals surface area (Å²) in [5, 5.41) is 2.04. The SMILES string of the molecule is CC(C(=O)NC1CC1)S(=O)c1ccccc1F. The van der Waals surface area contributed by atoms with Crippen LogP contribution < -0.4 is 5.32 Å². The second-order valence-corrected chi connectivity index (χ2v) is 5.89. The Kier molecular flexibility index (Phi) is 3.57. The second-order valence-electron chi connectivity index (χ2n) is 4.15. The van der Waals surface area contributed by atoms with Gasteiger partial charge in [-0.05, 0) is 31.9 Å². The fourth-order valence-corrected chi connectivity index (χ4v) is 2.56. The number of halogens is 1. The van der Waals surface area contributed by atoms with E-state index < -0.39 is 21.9 Å². The molecule has 1 saturated carbocycles. The topological polar surface area (TPSA) is 46.2 Å². The first-order valence-electron chi connectivity index (χ1n) is 5.55. The van der Waals surface area contributed by atoms with Crippen molar-refractivity contribution in [2.24, 2.45) is 0 Å². The first kappa shape index (κ1) is 12.2. The van der Waals surface area contributed by atoms with E-state index in [4.69, 9.17) is 0 Å². The summed E-state index contributed by atoms with van der Waals surface area (Å²) >= 11 is 0. The van der Waals surface area contributed by atoms with Gasteiger partial charge in [0, 0.05) is 6.04 Å². The number of hydrogen-bond acceptors (Lipinski definition) is 2. The Morgan fingerprint density at radius 2 is 2.12 bits per heavy atom. The Morgan fingerprint density at radius 3 is 2.71 bits per heavy atom. The molecule has 3 nitrogen and oxygen atoms in total. The van der Waals surface area contributed by atoms with Crippen molar-refractivity contribution in [1.29, 1.82) is 0 Å². The van der Waals surface area contributed by atoms with E-state index in [1.54, 1.807) is 13.0 Å².